The standard InChI is InChI=1S/C22H27NO5S/c1-3-12-28-21-6-4-5-18(14-21)22(24)23(19-11-13-29(25,26)16-19)15-17-7-9-20(27-2)10-8-17/h4-10,14,19H,3,11-13,15-16H2,1-2H3/t19-/m0/s1. The van der Waals surface area contributed by atoms with E-state index in [1.54, 1.807) is 30.2 Å². The Bertz CT molecular complexity index is 940. The van der Waals surface area contributed by atoms with E-state index in [1.165, 1.54) is 0 Å². The van der Waals surface area contributed by atoms with Crippen molar-refractivity contribution in [2.45, 2.75) is 32.4 Å². The van der Waals surface area contributed by atoms with Crippen LogP contribution < -0.4 is 9.47 Å². The van der Waals surface area contributed by atoms with E-state index in [2.05, 4.69) is 0 Å². The maximum Gasteiger partial charge on any atom is 0.254 e. The average Bonchev–Trinajstić information content (AvgIpc) is 3.10. The highest BCUT2D eigenvalue weighted by Gasteiger charge is 2.35. The Kier molecular flexibility index (Phi) is 6.79. The van der Waals surface area contributed by atoms with E-state index in [-0.39, 0.29) is 23.5 Å². The van der Waals surface area contributed by atoms with E-state index >= 15 is 0 Å². The van der Waals surface area contributed by atoms with Crippen LogP contribution in [0, 0.1) is 0 Å². The molecule has 1 amide bonds. The van der Waals surface area contributed by atoms with Gasteiger partial charge in [-0.25, -0.2) is 8.42 Å². The van der Waals surface area contributed by atoms with Crippen molar-refractivity contribution in [2.24, 2.45) is 0 Å². The van der Waals surface area contributed by atoms with Gasteiger partial charge in [-0.15, -0.1) is 0 Å². The number of carbonyl (C=O) groups excluding carboxylic acids is 1. The molecule has 1 saturated heterocycles. The summed E-state index contributed by atoms with van der Waals surface area (Å²) in [5.74, 6) is 1.30. The predicted octanol–water partition coefficient (Wildman–Crippen LogP) is 3.31. The normalized spacial score (nSPS) is 17.7. The van der Waals surface area contributed by atoms with Crippen LogP contribution in [-0.4, -0.2) is 50.5 Å². The zero-order chi connectivity index (χ0) is 20.9. The van der Waals surface area contributed by atoms with E-state index in [0.717, 1.165) is 17.7 Å². The molecule has 1 atom stereocenters. The SMILES string of the molecule is CCCOc1cccc(C(=O)N(Cc2ccc(OC)cc2)[C@H]2CCS(=O)(=O)C2)c1. The van der Waals surface area contributed by atoms with Gasteiger partial charge in [0.2, 0.25) is 0 Å². The van der Waals surface area contributed by atoms with Crippen LogP contribution in [0.2, 0.25) is 0 Å². The van der Waals surface area contributed by atoms with Gasteiger partial charge in [0, 0.05) is 18.2 Å². The number of benzene rings is 2. The van der Waals surface area contributed by atoms with Gasteiger partial charge in [0.1, 0.15) is 11.5 Å². The van der Waals surface area contributed by atoms with E-state index in [9.17, 15) is 13.2 Å². The summed E-state index contributed by atoms with van der Waals surface area (Å²) in [5.41, 5.74) is 1.42. The Morgan fingerprint density at radius 1 is 1.14 bits per heavy atom. The van der Waals surface area contributed by atoms with Gasteiger partial charge in [0.25, 0.3) is 5.91 Å². The first kappa shape index (κ1) is 21.2. The smallest absolute Gasteiger partial charge is 0.254 e. The number of ether oxygens (including phenoxy) is 2. The Labute approximate surface area is 172 Å². The fourth-order valence-electron chi connectivity index (χ4n) is 3.42. The number of methoxy groups -OCH3 is 1. The van der Waals surface area contributed by atoms with Gasteiger partial charge >= 0.3 is 0 Å². The molecule has 0 aromatic heterocycles. The number of hydrogen-bond acceptors (Lipinski definition) is 5. The fourth-order valence-corrected chi connectivity index (χ4v) is 5.15. The topological polar surface area (TPSA) is 72.9 Å². The third kappa shape index (κ3) is 5.50. The number of nitrogens with zero attached hydrogens (tertiary/aromatic N) is 1. The highest BCUT2D eigenvalue weighted by molar-refractivity contribution is 7.91. The van der Waals surface area contributed by atoms with E-state index in [1.807, 2.05) is 37.3 Å². The Morgan fingerprint density at radius 2 is 1.90 bits per heavy atom. The molecule has 156 valence electrons. The minimum Gasteiger partial charge on any atom is -0.497 e. The first-order chi connectivity index (χ1) is 13.9. The lowest BCUT2D eigenvalue weighted by Gasteiger charge is -2.29. The summed E-state index contributed by atoms with van der Waals surface area (Å²) in [4.78, 5) is 15.0. The molecule has 1 heterocycles. The van der Waals surface area contributed by atoms with Crippen molar-refractivity contribution in [1.82, 2.24) is 4.90 Å². The number of amides is 1. The molecule has 29 heavy (non-hydrogen) atoms. The first-order valence-corrected chi connectivity index (χ1v) is 11.6. The summed E-state index contributed by atoms with van der Waals surface area (Å²) in [5, 5.41) is 0. The lowest BCUT2D eigenvalue weighted by Crippen LogP contribution is -2.40. The van der Waals surface area contributed by atoms with Crippen molar-refractivity contribution in [3.63, 3.8) is 0 Å². The molecule has 1 fully saturated rings. The largest absolute Gasteiger partial charge is 0.497 e. The highest BCUT2D eigenvalue weighted by Crippen LogP contribution is 2.24. The molecular formula is C22H27NO5S. The molecule has 1 aliphatic rings. The second-order valence-corrected chi connectivity index (χ2v) is 9.44. The van der Waals surface area contributed by atoms with Gasteiger partial charge in [-0.2, -0.15) is 0 Å². The van der Waals surface area contributed by atoms with Gasteiger partial charge in [-0.05, 0) is 48.7 Å². The lowest BCUT2D eigenvalue weighted by molar-refractivity contribution is 0.0680. The summed E-state index contributed by atoms with van der Waals surface area (Å²) in [7, 11) is -1.52. The van der Waals surface area contributed by atoms with Gasteiger partial charge in [-0.3, -0.25) is 4.79 Å². The minimum absolute atomic E-state index is 0.000913. The lowest BCUT2D eigenvalue weighted by atomic mass is 10.1. The Hall–Kier alpha value is -2.54. The van der Waals surface area contributed by atoms with Gasteiger partial charge in [-0.1, -0.05) is 25.1 Å². The molecule has 7 heteroatoms. The maximum absolute atomic E-state index is 13.3. The number of sulfone groups is 1. The summed E-state index contributed by atoms with van der Waals surface area (Å²) < 4.78 is 34.9. The molecule has 0 aliphatic carbocycles. The number of hydrogen-bond donors (Lipinski definition) is 0. The third-order valence-electron chi connectivity index (χ3n) is 4.98. The minimum atomic E-state index is -3.12. The molecule has 3 rings (SSSR count). The molecule has 0 unspecified atom stereocenters. The summed E-state index contributed by atoms with van der Waals surface area (Å²) >= 11 is 0. The van der Waals surface area contributed by atoms with Crippen LogP contribution in [0.25, 0.3) is 0 Å². The molecule has 0 radical (unpaired) electrons. The van der Waals surface area contributed by atoms with Crippen LogP contribution >= 0.6 is 0 Å². The van der Waals surface area contributed by atoms with Crippen molar-refractivity contribution in [3.8, 4) is 11.5 Å². The van der Waals surface area contributed by atoms with Gasteiger partial charge in [0.05, 0.1) is 25.2 Å². The van der Waals surface area contributed by atoms with Crippen LogP contribution in [0.4, 0.5) is 0 Å². The summed E-state index contributed by atoms with van der Waals surface area (Å²) in [6, 6.07) is 14.2. The average molecular weight is 418 g/mol. The van der Waals surface area contributed by atoms with Gasteiger partial charge in [0.15, 0.2) is 9.84 Å². The molecule has 0 bridgehead atoms. The second-order valence-electron chi connectivity index (χ2n) is 7.21. The van der Waals surface area contributed by atoms with Crippen LogP contribution in [0.1, 0.15) is 35.7 Å². The monoisotopic (exact) mass is 417 g/mol. The molecule has 0 saturated carbocycles. The van der Waals surface area contributed by atoms with Crippen LogP contribution in [0.5, 0.6) is 11.5 Å². The molecule has 6 nitrogen and oxygen atoms in total. The van der Waals surface area contributed by atoms with Gasteiger partial charge < -0.3 is 14.4 Å². The van der Waals surface area contributed by atoms with Crippen molar-refractivity contribution < 1.29 is 22.7 Å². The van der Waals surface area contributed by atoms with Crippen molar-refractivity contribution in [1.29, 1.82) is 0 Å². The van der Waals surface area contributed by atoms with Crippen LogP contribution in [-0.2, 0) is 16.4 Å². The fraction of sp³-hybridized carbons (Fsp3) is 0.409. The molecular weight excluding hydrogens is 390 g/mol. The van der Waals surface area contributed by atoms with E-state index < -0.39 is 9.84 Å². The second kappa shape index (κ2) is 9.31. The van der Waals surface area contributed by atoms with E-state index in [0.29, 0.717) is 30.9 Å². The molecule has 2 aromatic rings. The first-order valence-electron chi connectivity index (χ1n) is 9.79. The molecule has 0 N–H and O–H groups in total. The van der Waals surface area contributed by atoms with Crippen LogP contribution in [0.3, 0.4) is 0 Å². The van der Waals surface area contributed by atoms with Crippen molar-refractivity contribution in [2.75, 3.05) is 25.2 Å². The highest BCUT2D eigenvalue weighted by atomic mass is 32.2. The molecule has 2 aromatic carbocycles. The molecule has 0 spiro atoms. The van der Waals surface area contributed by atoms with Crippen molar-refractivity contribution in [3.05, 3.63) is 59.7 Å². The molecule has 1 aliphatic heterocycles. The summed E-state index contributed by atoms with van der Waals surface area (Å²) in [6.07, 6.45) is 1.33. The maximum atomic E-state index is 13.3. The zero-order valence-electron chi connectivity index (χ0n) is 16.8. The Morgan fingerprint density at radius 3 is 2.52 bits per heavy atom. The van der Waals surface area contributed by atoms with Crippen LogP contribution in [0.15, 0.2) is 48.5 Å². The Balaban J connectivity index is 1.86. The summed E-state index contributed by atoms with van der Waals surface area (Å²) in [6.45, 7) is 2.93. The van der Waals surface area contributed by atoms with E-state index in [4.69, 9.17) is 9.47 Å². The third-order valence-corrected chi connectivity index (χ3v) is 6.73. The zero-order valence-corrected chi connectivity index (χ0v) is 17.7. The number of rotatable bonds is 8. The predicted molar refractivity (Wildman–Crippen MR) is 112 cm³/mol. The number of carbonyl (C=O) groups is 1. The quantitative estimate of drug-likeness (QED) is 0.659. The van der Waals surface area contributed by atoms with Crippen molar-refractivity contribution >= 4 is 15.7 Å².